The van der Waals surface area contributed by atoms with Gasteiger partial charge >= 0.3 is 5.97 Å². The van der Waals surface area contributed by atoms with E-state index in [2.05, 4.69) is 17.4 Å². The Kier molecular flexibility index (Phi) is 5.77. The monoisotopic (exact) mass is 331 g/mol. The van der Waals surface area contributed by atoms with Crippen molar-refractivity contribution in [3.05, 3.63) is 29.8 Å². The molecule has 0 aromatic heterocycles. The largest absolute Gasteiger partial charge is 0.493 e. The van der Waals surface area contributed by atoms with Gasteiger partial charge in [-0.15, -0.1) is 0 Å². The van der Waals surface area contributed by atoms with Crippen molar-refractivity contribution in [2.75, 3.05) is 13.7 Å². The molecule has 2 aliphatic rings. The number of benzene rings is 1. The van der Waals surface area contributed by atoms with Crippen molar-refractivity contribution in [1.29, 1.82) is 0 Å². The van der Waals surface area contributed by atoms with E-state index < -0.39 is 0 Å². The van der Waals surface area contributed by atoms with Crippen LogP contribution in [-0.4, -0.2) is 25.2 Å². The lowest BCUT2D eigenvalue weighted by Crippen LogP contribution is -2.48. The zero-order valence-electron chi connectivity index (χ0n) is 14.7. The van der Waals surface area contributed by atoms with Crippen LogP contribution in [0.25, 0.3) is 0 Å². The summed E-state index contributed by atoms with van der Waals surface area (Å²) in [5.41, 5.74) is 1.12. The third kappa shape index (κ3) is 4.97. The molecule has 0 saturated heterocycles. The Morgan fingerprint density at radius 1 is 1.17 bits per heavy atom. The van der Waals surface area contributed by atoms with Gasteiger partial charge in [0.25, 0.3) is 0 Å². The zero-order valence-corrected chi connectivity index (χ0v) is 14.7. The summed E-state index contributed by atoms with van der Waals surface area (Å²) in [6.07, 6.45) is 8.80. The summed E-state index contributed by atoms with van der Waals surface area (Å²) in [5, 5.41) is 3.65. The Labute approximate surface area is 144 Å². The molecular weight excluding hydrogens is 302 g/mol. The second-order valence-corrected chi connectivity index (χ2v) is 7.35. The summed E-state index contributed by atoms with van der Waals surface area (Å²) >= 11 is 0. The van der Waals surface area contributed by atoms with Gasteiger partial charge in [0.2, 0.25) is 0 Å². The van der Waals surface area contributed by atoms with Crippen LogP contribution in [0.2, 0.25) is 0 Å². The highest BCUT2D eigenvalue weighted by molar-refractivity contribution is 5.70. The second-order valence-electron chi connectivity index (χ2n) is 7.35. The molecule has 2 aliphatic carbocycles. The summed E-state index contributed by atoms with van der Waals surface area (Å²) in [6.45, 7) is 1.62. The van der Waals surface area contributed by atoms with Gasteiger partial charge in [0.1, 0.15) is 5.75 Å². The molecule has 0 bridgehead atoms. The molecule has 2 saturated carbocycles. The highest BCUT2D eigenvalue weighted by Crippen LogP contribution is 2.32. The van der Waals surface area contributed by atoms with Crippen LogP contribution < -0.4 is 10.1 Å². The average molecular weight is 331 g/mol. The fourth-order valence-electron chi connectivity index (χ4n) is 3.48. The second kappa shape index (κ2) is 8.02. The molecule has 3 rings (SSSR count). The predicted molar refractivity (Wildman–Crippen MR) is 93.9 cm³/mol. The van der Waals surface area contributed by atoms with E-state index in [1.807, 2.05) is 12.1 Å². The predicted octanol–water partition coefficient (Wildman–Crippen LogP) is 3.83. The third-order valence-corrected chi connectivity index (χ3v) is 5.29. The molecule has 0 aliphatic heterocycles. The normalized spacial score (nSPS) is 19.7. The lowest BCUT2D eigenvalue weighted by atomic mass is 9.79. The first-order valence-corrected chi connectivity index (χ1v) is 9.23. The Bertz CT molecular complexity index is 530. The van der Waals surface area contributed by atoms with Gasteiger partial charge in [0, 0.05) is 12.1 Å². The molecule has 1 aromatic rings. The summed E-state index contributed by atoms with van der Waals surface area (Å²) < 4.78 is 10.7. The lowest BCUT2D eigenvalue weighted by Gasteiger charge is -2.37. The molecule has 0 radical (unpaired) electrons. The molecule has 0 spiro atoms. The van der Waals surface area contributed by atoms with Gasteiger partial charge in [-0.1, -0.05) is 31.4 Å². The van der Waals surface area contributed by atoms with E-state index in [4.69, 9.17) is 9.47 Å². The topological polar surface area (TPSA) is 47.6 Å². The number of hydrogen-bond donors (Lipinski definition) is 1. The fourth-order valence-corrected chi connectivity index (χ4v) is 3.48. The van der Waals surface area contributed by atoms with Crippen LogP contribution >= 0.6 is 0 Å². The van der Waals surface area contributed by atoms with E-state index in [0.29, 0.717) is 6.42 Å². The van der Waals surface area contributed by atoms with Crippen molar-refractivity contribution in [3.63, 3.8) is 0 Å². The number of ether oxygens (including phenoxy) is 2. The molecule has 0 heterocycles. The molecule has 1 N–H and O–H groups in total. The van der Waals surface area contributed by atoms with E-state index >= 15 is 0 Å². The summed E-state index contributed by atoms with van der Waals surface area (Å²) in [6, 6.07) is 8.33. The fraction of sp³-hybridized carbons (Fsp3) is 0.650. The lowest BCUT2D eigenvalue weighted by molar-refractivity contribution is -0.142. The van der Waals surface area contributed by atoms with Gasteiger partial charge in [0.05, 0.1) is 20.1 Å². The van der Waals surface area contributed by atoms with Gasteiger partial charge in [0.15, 0.2) is 0 Å². The maximum Gasteiger partial charge on any atom is 0.307 e. The smallest absolute Gasteiger partial charge is 0.307 e. The van der Waals surface area contributed by atoms with Crippen LogP contribution in [0.4, 0.5) is 0 Å². The minimum Gasteiger partial charge on any atom is -0.493 e. The van der Waals surface area contributed by atoms with E-state index in [1.165, 1.54) is 44.8 Å². The zero-order chi connectivity index (χ0) is 16.8. The van der Waals surface area contributed by atoms with Crippen molar-refractivity contribution >= 4 is 5.97 Å². The quantitative estimate of drug-likeness (QED) is 0.736. The molecule has 1 aromatic carbocycles. The minimum absolute atomic E-state index is 0.105. The maximum absolute atomic E-state index is 11.8. The van der Waals surface area contributed by atoms with Crippen molar-refractivity contribution in [1.82, 2.24) is 5.32 Å². The highest BCUT2D eigenvalue weighted by atomic mass is 16.5. The Balaban J connectivity index is 1.53. The SMILES string of the molecule is COC(=O)CC1(NCc2ccc(OCC3CC3)cc2)CCCCC1. The molecule has 2 fully saturated rings. The van der Waals surface area contributed by atoms with Crippen LogP contribution in [0.5, 0.6) is 5.75 Å². The molecule has 4 heteroatoms. The van der Waals surface area contributed by atoms with Crippen molar-refractivity contribution in [2.45, 2.75) is 63.5 Å². The van der Waals surface area contributed by atoms with E-state index in [9.17, 15) is 4.79 Å². The number of methoxy groups -OCH3 is 1. The number of carbonyl (C=O) groups is 1. The molecule has 0 unspecified atom stereocenters. The Morgan fingerprint density at radius 2 is 1.88 bits per heavy atom. The number of rotatable bonds is 8. The minimum atomic E-state index is -0.117. The van der Waals surface area contributed by atoms with Gasteiger partial charge in [-0.2, -0.15) is 0 Å². The number of nitrogens with one attached hydrogen (secondary N) is 1. The van der Waals surface area contributed by atoms with Crippen LogP contribution in [0.15, 0.2) is 24.3 Å². The number of hydrogen-bond acceptors (Lipinski definition) is 4. The van der Waals surface area contributed by atoms with Gasteiger partial charge < -0.3 is 14.8 Å². The van der Waals surface area contributed by atoms with Crippen LogP contribution in [0.1, 0.15) is 56.9 Å². The summed E-state index contributed by atoms with van der Waals surface area (Å²) in [5.74, 6) is 1.61. The molecule has 4 nitrogen and oxygen atoms in total. The maximum atomic E-state index is 11.8. The first-order chi connectivity index (χ1) is 11.7. The number of carbonyl (C=O) groups excluding carboxylic acids is 1. The van der Waals surface area contributed by atoms with Gasteiger partial charge in [-0.25, -0.2) is 0 Å². The number of esters is 1. The molecule has 24 heavy (non-hydrogen) atoms. The average Bonchev–Trinajstić information content (AvgIpc) is 3.44. The van der Waals surface area contributed by atoms with Crippen molar-refractivity contribution in [3.8, 4) is 5.75 Å². The Hall–Kier alpha value is -1.55. The van der Waals surface area contributed by atoms with Gasteiger partial charge in [-0.3, -0.25) is 4.79 Å². The standard InChI is InChI=1S/C20H29NO3/c1-23-19(22)13-20(11-3-2-4-12-20)21-14-16-7-9-18(10-8-16)24-15-17-5-6-17/h7-10,17,21H,2-6,11-15H2,1H3. The third-order valence-electron chi connectivity index (χ3n) is 5.29. The highest BCUT2D eigenvalue weighted by Gasteiger charge is 2.34. The van der Waals surface area contributed by atoms with Crippen LogP contribution in [0, 0.1) is 5.92 Å². The first-order valence-electron chi connectivity index (χ1n) is 9.23. The summed E-state index contributed by atoms with van der Waals surface area (Å²) in [7, 11) is 1.47. The van der Waals surface area contributed by atoms with Crippen LogP contribution in [0.3, 0.4) is 0 Å². The first kappa shape index (κ1) is 17.3. The molecule has 0 amide bonds. The Morgan fingerprint density at radius 3 is 2.50 bits per heavy atom. The van der Waals surface area contributed by atoms with Crippen LogP contribution in [-0.2, 0) is 16.1 Å². The van der Waals surface area contributed by atoms with E-state index in [0.717, 1.165) is 37.7 Å². The van der Waals surface area contributed by atoms with Gasteiger partial charge in [-0.05, 0) is 49.3 Å². The van der Waals surface area contributed by atoms with E-state index in [-0.39, 0.29) is 11.5 Å². The summed E-state index contributed by atoms with van der Waals surface area (Å²) in [4.78, 5) is 11.8. The van der Waals surface area contributed by atoms with Crippen molar-refractivity contribution < 1.29 is 14.3 Å². The van der Waals surface area contributed by atoms with E-state index in [1.54, 1.807) is 0 Å². The molecule has 132 valence electrons. The molecule has 0 atom stereocenters. The molecular formula is C20H29NO3. The van der Waals surface area contributed by atoms with Crippen molar-refractivity contribution in [2.24, 2.45) is 5.92 Å².